The number of nitrogens with one attached hydrogen (secondary N) is 1. The number of carbonyl (C=O) groups excluding carboxylic acids is 1. The lowest BCUT2D eigenvalue weighted by molar-refractivity contribution is -0.116. The molecule has 3 rings (SSSR count). The first kappa shape index (κ1) is 18.5. The number of amides is 1. The van der Waals surface area contributed by atoms with Crippen LogP contribution in [0.4, 0.5) is 10.1 Å². The molecule has 1 N–H and O–H groups in total. The molecular weight excluding hydrogens is 329 g/mol. The Bertz CT molecular complexity index is 735. The molecule has 1 fully saturated rings. The van der Waals surface area contributed by atoms with Crippen molar-refractivity contribution in [3.05, 3.63) is 59.7 Å². The zero-order valence-corrected chi connectivity index (χ0v) is 15.2. The molecule has 1 amide bonds. The van der Waals surface area contributed by atoms with E-state index >= 15 is 0 Å². The second kappa shape index (κ2) is 8.90. The van der Waals surface area contributed by atoms with Crippen LogP contribution in [0.3, 0.4) is 0 Å². The molecule has 26 heavy (non-hydrogen) atoms. The smallest absolute Gasteiger partial charge is 0.224 e. The Labute approximate surface area is 154 Å². The highest BCUT2D eigenvalue weighted by molar-refractivity contribution is 5.91. The van der Waals surface area contributed by atoms with Gasteiger partial charge < -0.3 is 5.32 Å². The van der Waals surface area contributed by atoms with Crippen LogP contribution in [0.15, 0.2) is 42.7 Å². The number of aryl methyl sites for hydroxylation is 1. The molecule has 5 heteroatoms. The molecule has 0 saturated carbocycles. The predicted octanol–water partition coefficient (Wildman–Crippen LogP) is 4.16. The van der Waals surface area contributed by atoms with Gasteiger partial charge in [0.15, 0.2) is 0 Å². The van der Waals surface area contributed by atoms with Crippen molar-refractivity contribution >= 4 is 11.6 Å². The van der Waals surface area contributed by atoms with Gasteiger partial charge in [0.05, 0.1) is 0 Å². The van der Waals surface area contributed by atoms with E-state index in [0.717, 1.165) is 31.6 Å². The van der Waals surface area contributed by atoms with Crippen LogP contribution in [-0.2, 0) is 11.3 Å². The van der Waals surface area contributed by atoms with Gasteiger partial charge in [0, 0.05) is 37.6 Å². The molecule has 0 aliphatic carbocycles. The largest absolute Gasteiger partial charge is 0.326 e. The lowest BCUT2D eigenvalue weighted by Gasteiger charge is -2.32. The minimum Gasteiger partial charge on any atom is -0.326 e. The highest BCUT2D eigenvalue weighted by atomic mass is 19.1. The zero-order valence-electron chi connectivity index (χ0n) is 15.2. The normalized spacial score (nSPS) is 17.8. The van der Waals surface area contributed by atoms with Crippen LogP contribution in [0.5, 0.6) is 0 Å². The van der Waals surface area contributed by atoms with E-state index in [9.17, 15) is 9.18 Å². The Morgan fingerprint density at radius 1 is 1.38 bits per heavy atom. The first-order valence-corrected chi connectivity index (χ1v) is 9.27. The maximum absolute atomic E-state index is 13.1. The number of hydrogen-bond acceptors (Lipinski definition) is 3. The number of nitrogens with zero attached hydrogens (tertiary/aromatic N) is 2. The summed E-state index contributed by atoms with van der Waals surface area (Å²) in [5.41, 5.74) is 2.68. The van der Waals surface area contributed by atoms with Crippen molar-refractivity contribution in [1.29, 1.82) is 0 Å². The third-order valence-corrected chi connectivity index (χ3v) is 4.97. The van der Waals surface area contributed by atoms with Crippen molar-refractivity contribution < 1.29 is 9.18 Å². The van der Waals surface area contributed by atoms with Crippen LogP contribution in [0.25, 0.3) is 0 Å². The molecule has 138 valence electrons. The average molecular weight is 355 g/mol. The highest BCUT2D eigenvalue weighted by Crippen LogP contribution is 2.23. The summed E-state index contributed by atoms with van der Waals surface area (Å²) in [5.74, 6) is 0.265. The van der Waals surface area contributed by atoms with Crippen molar-refractivity contribution in [3.8, 4) is 0 Å². The van der Waals surface area contributed by atoms with Crippen molar-refractivity contribution in [1.82, 2.24) is 9.88 Å². The first-order chi connectivity index (χ1) is 12.6. The van der Waals surface area contributed by atoms with Crippen molar-refractivity contribution in [2.45, 2.75) is 39.2 Å². The summed E-state index contributed by atoms with van der Waals surface area (Å²) >= 11 is 0. The van der Waals surface area contributed by atoms with Crippen molar-refractivity contribution in [2.75, 3.05) is 18.4 Å². The molecule has 4 nitrogen and oxygen atoms in total. The van der Waals surface area contributed by atoms with Gasteiger partial charge >= 0.3 is 0 Å². The lowest BCUT2D eigenvalue weighted by atomic mass is 9.93. The monoisotopic (exact) mass is 355 g/mol. The molecule has 1 aliphatic heterocycles. The number of halogens is 1. The highest BCUT2D eigenvalue weighted by Gasteiger charge is 2.21. The number of likely N-dealkylation sites (tertiary alicyclic amines) is 1. The number of carbonyl (C=O) groups is 1. The Balaban J connectivity index is 1.45. The molecule has 2 heterocycles. The average Bonchev–Trinajstić information content (AvgIpc) is 2.64. The van der Waals surface area contributed by atoms with E-state index in [1.165, 1.54) is 30.5 Å². The molecule has 0 bridgehead atoms. The third-order valence-electron chi connectivity index (χ3n) is 4.97. The minimum atomic E-state index is -0.281. The van der Waals surface area contributed by atoms with Crippen LogP contribution in [0.2, 0.25) is 0 Å². The zero-order chi connectivity index (χ0) is 18.4. The summed E-state index contributed by atoms with van der Waals surface area (Å²) in [4.78, 5) is 18.9. The standard InChI is InChI=1S/C21H26FN3O/c1-16-12-19(22)7-8-20(16)24-21(26)9-6-17-5-3-11-25(14-17)15-18-4-2-10-23-13-18/h2,4,7-8,10,12-13,17H,3,5-6,9,11,14-15H2,1H3,(H,24,26)/t17-/m1/s1. The Hall–Kier alpha value is -2.27. The predicted molar refractivity (Wildman–Crippen MR) is 101 cm³/mol. The summed E-state index contributed by atoms with van der Waals surface area (Å²) in [6.45, 7) is 4.85. The fourth-order valence-corrected chi connectivity index (χ4v) is 3.60. The number of hydrogen-bond donors (Lipinski definition) is 1. The van der Waals surface area contributed by atoms with Crippen molar-refractivity contribution in [3.63, 3.8) is 0 Å². The van der Waals surface area contributed by atoms with Gasteiger partial charge in [-0.1, -0.05) is 6.07 Å². The summed E-state index contributed by atoms with van der Waals surface area (Å²) in [6, 6.07) is 8.51. The van der Waals surface area contributed by atoms with Gasteiger partial charge in [-0.2, -0.15) is 0 Å². The van der Waals surface area contributed by atoms with E-state index in [4.69, 9.17) is 0 Å². The maximum Gasteiger partial charge on any atom is 0.224 e. The summed E-state index contributed by atoms with van der Waals surface area (Å²) in [6.07, 6.45) is 7.44. The minimum absolute atomic E-state index is 0.00379. The van der Waals surface area contributed by atoms with Gasteiger partial charge in [-0.05, 0) is 74.0 Å². The van der Waals surface area contributed by atoms with Gasteiger partial charge in [-0.3, -0.25) is 14.7 Å². The number of aromatic nitrogens is 1. The number of anilines is 1. The van der Waals surface area contributed by atoms with E-state index in [2.05, 4.69) is 21.3 Å². The van der Waals surface area contributed by atoms with E-state index in [0.29, 0.717) is 18.0 Å². The molecule has 1 aromatic carbocycles. The van der Waals surface area contributed by atoms with E-state index in [1.807, 2.05) is 12.3 Å². The fraction of sp³-hybridized carbons (Fsp3) is 0.429. The summed E-state index contributed by atoms with van der Waals surface area (Å²) < 4.78 is 13.1. The fourth-order valence-electron chi connectivity index (χ4n) is 3.60. The Kier molecular flexibility index (Phi) is 6.34. The molecular formula is C21H26FN3O. The van der Waals surface area contributed by atoms with E-state index in [-0.39, 0.29) is 11.7 Å². The topological polar surface area (TPSA) is 45.2 Å². The first-order valence-electron chi connectivity index (χ1n) is 9.27. The lowest BCUT2D eigenvalue weighted by Crippen LogP contribution is -2.35. The summed E-state index contributed by atoms with van der Waals surface area (Å²) in [7, 11) is 0. The van der Waals surface area contributed by atoms with Crippen LogP contribution >= 0.6 is 0 Å². The molecule has 2 aromatic rings. The SMILES string of the molecule is Cc1cc(F)ccc1NC(=O)CC[C@H]1CCCN(Cc2cccnc2)C1. The van der Waals surface area contributed by atoms with E-state index in [1.54, 1.807) is 19.2 Å². The van der Waals surface area contributed by atoms with Gasteiger partial charge in [0.2, 0.25) is 5.91 Å². The van der Waals surface area contributed by atoms with Gasteiger partial charge in [0.1, 0.15) is 5.82 Å². The van der Waals surface area contributed by atoms with Crippen LogP contribution in [0.1, 0.15) is 36.8 Å². The van der Waals surface area contributed by atoms with Crippen molar-refractivity contribution in [2.24, 2.45) is 5.92 Å². The number of benzene rings is 1. The molecule has 1 saturated heterocycles. The molecule has 0 spiro atoms. The Morgan fingerprint density at radius 3 is 3.04 bits per heavy atom. The van der Waals surface area contributed by atoms with Crippen LogP contribution in [-0.4, -0.2) is 28.9 Å². The second-order valence-corrected chi connectivity index (χ2v) is 7.15. The van der Waals surface area contributed by atoms with Gasteiger partial charge in [0.25, 0.3) is 0 Å². The molecule has 1 aromatic heterocycles. The van der Waals surface area contributed by atoms with Gasteiger partial charge in [-0.15, -0.1) is 0 Å². The quantitative estimate of drug-likeness (QED) is 0.846. The molecule has 0 unspecified atom stereocenters. The Morgan fingerprint density at radius 2 is 2.27 bits per heavy atom. The molecule has 1 aliphatic rings. The number of piperidine rings is 1. The van der Waals surface area contributed by atoms with E-state index < -0.39 is 0 Å². The van der Waals surface area contributed by atoms with Crippen LogP contribution < -0.4 is 5.32 Å². The summed E-state index contributed by atoms with van der Waals surface area (Å²) in [5, 5.41) is 2.90. The third kappa shape index (κ3) is 5.36. The van der Waals surface area contributed by atoms with Gasteiger partial charge in [-0.25, -0.2) is 4.39 Å². The van der Waals surface area contributed by atoms with Crippen LogP contribution in [0, 0.1) is 18.7 Å². The molecule has 0 radical (unpaired) electrons. The second-order valence-electron chi connectivity index (χ2n) is 7.15. The molecule has 1 atom stereocenters. The number of pyridine rings is 1. The number of rotatable bonds is 6. The maximum atomic E-state index is 13.1.